The van der Waals surface area contributed by atoms with E-state index in [0.29, 0.717) is 17.1 Å². The number of amides is 1. The van der Waals surface area contributed by atoms with Crippen molar-refractivity contribution in [1.82, 2.24) is 9.88 Å². The predicted molar refractivity (Wildman–Crippen MR) is 128 cm³/mol. The topological polar surface area (TPSA) is 95.8 Å². The van der Waals surface area contributed by atoms with Gasteiger partial charge in [0.05, 0.1) is 36.6 Å². The summed E-state index contributed by atoms with van der Waals surface area (Å²) in [5.74, 6) is -0.838. The van der Waals surface area contributed by atoms with E-state index in [9.17, 15) is 14.7 Å². The summed E-state index contributed by atoms with van der Waals surface area (Å²) in [7, 11) is 1.49. The molecule has 8 heteroatoms. The largest absolute Gasteiger partial charge is 0.507 e. The number of aromatic amines is 1. The Morgan fingerprint density at radius 3 is 2.68 bits per heavy atom. The van der Waals surface area contributed by atoms with Crippen molar-refractivity contribution in [3.63, 3.8) is 0 Å². The lowest BCUT2D eigenvalue weighted by molar-refractivity contribution is -0.140. The highest BCUT2D eigenvalue weighted by Crippen LogP contribution is 2.44. The monoisotopic (exact) mass is 476 g/mol. The molecular weight excluding hydrogens is 456 g/mol. The molecule has 172 valence electrons. The standard InChI is InChI=1S/C26H21ClN2O5/c1-14-21(17-7-3-4-8-19(17)28-14)23-22(24(30)15-9-10-20(33-2)18(27)12-15)25(31)26(32)29(23)13-16-6-5-11-34-16/h3-12,23,28,30H,13H2,1-2H3/b24-22+. The van der Waals surface area contributed by atoms with Crippen molar-refractivity contribution in [2.45, 2.75) is 19.5 Å². The van der Waals surface area contributed by atoms with Crippen molar-refractivity contribution in [2.24, 2.45) is 0 Å². The Hall–Kier alpha value is -3.97. The SMILES string of the molecule is COc1ccc(/C(O)=C2\C(=O)C(=O)N(Cc3ccco3)C2c2c(C)[nH]c3ccccc23)cc1Cl. The van der Waals surface area contributed by atoms with Gasteiger partial charge in [0.1, 0.15) is 17.3 Å². The smallest absolute Gasteiger partial charge is 0.296 e. The maximum absolute atomic E-state index is 13.3. The number of benzene rings is 2. The Kier molecular flexibility index (Phi) is 5.42. The minimum Gasteiger partial charge on any atom is -0.507 e. The number of likely N-dealkylation sites (tertiary alicyclic amines) is 1. The van der Waals surface area contributed by atoms with Crippen LogP contribution in [0.1, 0.15) is 28.6 Å². The lowest BCUT2D eigenvalue weighted by Gasteiger charge is -2.25. The Balaban J connectivity index is 1.74. The first-order chi connectivity index (χ1) is 16.4. The number of H-pyrrole nitrogens is 1. The van der Waals surface area contributed by atoms with Crippen LogP contribution in [-0.2, 0) is 16.1 Å². The second-order valence-electron chi connectivity index (χ2n) is 8.06. The molecular formula is C26H21ClN2O5. The molecule has 0 bridgehead atoms. The van der Waals surface area contributed by atoms with E-state index in [4.69, 9.17) is 20.8 Å². The van der Waals surface area contributed by atoms with Crippen molar-refractivity contribution in [2.75, 3.05) is 7.11 Å². The number of halogens is 1. The molecule has 34 heavy (non-hydrogen) atoms. The molecule has 1 fully saturated rings. The minimum atomic E-state index is -0.831. The van der Waals surface area contributed by atoms with E-state index < -0.39 is 17.7 Å². The molecule has 1 amide bonds. The highest BCUT2D eigenvalue weighted by atomic mass is 35.5. The zero-order valence-corrected chi connectivity index (χ0v) is 19.2. The third-order valence-corrected chi connectivity index (χ3v) is 6.38. The minimum absolute atomic E-state index is 0.00866. The van der Waals surface area contributed by atoms with Gasteiger partial charge in [0.15, 0.2) is 0 Å². The summed E-state index contributed by atoms with van der Waals surface area (Å²) in [6, 6.07) is 15.0. The molecule has 2 aromatic carbocycles. The second kappa shape index (κ2) is 8.43. The molecule has 3 heterocycles. The number of aryl methyl sites for hydroxylation is 1. The number of furan rings is 1. The van der Waals surface area contributed by atoms with Crippen molar-refractivity contribution in [1.29, 1.82) is 0 Å². The highest BCUT2D eigenvalue weighted by Gasteiger charge is 2.47. The van der Waals surface area contributed by atoms with Gasteiger partial charge in [-0.1, -0.05) is 29.8 Å². The van der Waals surface area contributed by atoms with E-state index in [0.717, 1.165) is 22.2 Å². The summed E-state index contributed by atoms with van der Waals surface area (Å²) in [4.78, 5) is 31.3. The first-order valence-corrected chi connectivity index (χ1v) is 11.0. The lowest BCUT2D eigenvalue weighted by atomic mass is 9.93. The highest BCUT2D eigenvalue weighted by molar-refractivity contribution is 6.46. The molecule has 7 nitrogen and oxygen atoms in total. The number of hydrogen-bond acceptors (Lipinski definition) is 5. The number of ketones is 1. The number of carbonyl (C=O) groups is 2. The van der Waals surface area contributed by atoms with Gasteiger partial charge in [-0.15, -0.1) is 0 Å². The van der Waals surface area contributed by atoms with Crippen LogP contribution in [-0.4, -0.2) is 33.8 Å². The zero-order chi connectivity index (χ0) is 24.0. The summed E-state index contributed by atoms with van der Waals surface area (Å²) in [6.07, 6.45) is 1.51. The normalized spacial score (nSPS) is 17.6. The van der Waals surface area contributed by atoms with Crippen LogP contribution in [0.25, 0.3) is 16.7 Å². The fraction of sp³-hybridized carbons (Fsp3) is 0.154. The maximum atomic E-state index is 13.3. The predicted octanol–water partition coefficient (Wildman–Crippen LogP) is 5.35. The number of aliphatic hydroxyl groups excluding tert-OH is 1. The van der Waals surface area contributed by atoms with Crippen LogP contribution in [0.2, 0.25) is 5.02 Å². The number of carbonyl (C=O) groups excluding carboxylic acids is 2. The molecule has 0 aliphatic carbocycles. The number of rotatable bonds is 5. The van der Waals surface area contributed by atoms with Crippen molar-refractivity contribution in [3.05, 3.63) is 94.0 Å². The molecule has 0 spiro atoms. The number of nitrogens with zero attached hydrogens (tertiary/aromatic N) is 1. The molecule has 1 atom stereocenters. The molecule has 1 saturated heterocycles. The first-order valence-electron chi connectivity index (χ1n) is 10.6. The van der Waals surface area contributed by atoms with Gasteiger partial charge in [0.2, 0.25) is 0 Å². The van der Waals surface area contributed by atoms with Crippen molar-refractivity contribution < 1.29 is 23.8 Å². The number of aromatic nitrogens is 1. The average molecular weight is 477 g/mol. The summed E-state index contributed by atoms with van der Waals surface area (Å²) < 4.78 is 10.7. The quantitative estimate of drug-likeness (QED) is 0.230. The van der Waals surface area contributed by atoms with Crippen LogP contribution in [0.15, 0.2) is 70.9 Å². The van der Waals surface area contributed by atoms with Gasteiger partial charge in [0.25, 0.3) is 11.7 Å². The van der Waals surface area contributed by atoms with Gasteiger partial charge < -0.3 is 24.1 Å². The van der Waals surface area contributed by atoms with Crippen LogP contribution in [0, 0.1) is 6.92 Å². The summed E-state index contributed by atoms with van der Waals surface area (Å²) in [6.45, 7) is 1.95. The Morgan fingerprint density at radius 1 is 1.18 bits per heavy atom. The number of ether oxygens (including phenoxy) is 1. The molecule has 2 aromatic heterocycles. The number of fused-ring (bicyclic) bond motifs is 1. The average Bonchev–Trinajstić information content (AvgIpc) is 3.52. The summed E-state index contributed by atoms with van der Waals surface area (Å²) in [5.41, 5.74) is 2.69. The fourth-order valence-electron chi connectivity index (χ4n) is 4.53. The number of aliphatic hydroxyl groups is 1. The maximum Gasteiger partial charge on any atom is 0.296 e. The molecule has 1 aliphatic rings. The van der Waals surface area contributed by atoms with Gasteiger partial charge in [-0.2, -0.15) is 0 Å². The van der Waals surface area contributed by atoms with E-state index in [1.807, 2.05) is 31.2 Å². The van der Waals surface area contributed by atoms with Gasteiger partial charge in [-0.05, 0) is 43.3 Å². The third-order valence-electron chi connectivity index (χ3n) is 6.09. The number of nitrogens with one attached hydrogen (secondary N) is 1. The molecule has 1 aliphatic heterocycles. The summed E-state index contributed by atoms with van der Waals surface area (Å²) in [5, 5.41) is 12.5. The Labute approximate surface area is 200 Å². The van der Waals surface area contributed by atoms with Gasteiger partial charge >= 0.3 is 0 Å². The van der Waals surface area contributed by atoms with Gasteiger partial charge in [0, 0.05) is 27.7 Å². The molecule has 2 N–H and O–H groups in total. The molecule has 1 unspecified atom stereocenters. The Morgan fingerprint density at radius 2 is 1.97 bits per heavy atom. The van der Waals surface area contributed by atoms with E-state index >= 15 is 0 Å². The van der Waals surface area contributed by atoms with Crippen LogP contribution >= 0.6 is 11.6 Å². The van der Waals surface area contributed by atoms with Gasteiger partial charge in [-0.25, -0.2) is 0 Å². The number of hydrogen-bond donors (Lipinski definition) is 2. The second-order valence-corrected chi connectivity index (χ2v) is 8.47. The van der Waals surface area contributed by atoms with Crippen molar-refractivity contribution >= 4 is 40.0 Å². The van der Waals surface area contributed by atoms with E-state index in [-0.39, 0.29) is 22.9 Å². The van der Waals surface area contributed by atoms with Crippen molar-refractivity contribution in [3.8, 4) is 5.75 Å². The van der Waals surface area contributed by atoms with Crippen LogP contribution in [0.5, 0.6) is 5.75 Å². The summed E-state index contributed by atoms with van der Waals surface area (Å²) >= 11 is 6.27. The number of para-hydroxylation sites is 1. The molecule has 0 saturated carbocycles. The van der Waals surface area contributed by atoms with Crippen LogP contribution in [0.4, 0.5) is 0 Å². The fourth-order valence-corrected chi connectivity index (χ4v) is 4.79. The van der Waals surface area contributed by atoms with Crippen LogP contribution in [0.3, 0.4) is 0 Å². The van der Waals surface area contributed by atoms with Gasteiger partial charge in [-0.3, -0.25) is 9.59 Å². The first kappa shape index (κ1) is 21.9. The lowest BCUT2D eigenvalue weighted by Crippen LogP contribution is -2.29. The number of methoxy groups -OCH3 is 1. The van der Waals surface area contributed by atoms with Crippen LogP contribution < -0.4 is 4.74 Å². The molecule has 5 rings (SSSR count). The van der Waals surface area contributed by atoms with E-state index in [1.54, 1.807) is 24.3 Å². The number of Topliss-reactive ketones (excluding diaryl/α,β-unsaturated/α-hetero) is 1. The zero-order valence-electron chi connectivity index (χ0n) is 18.5. The Bertz CT molecular complexity index is 1450. The van der Waals surface area contributed by atoms with E-state index in [2.05, 4.69) is 4.98 Å². The third kappa shape index (κ3) is 3.45. The molecule has 4 aromatic rings. The van der Waals surface area contributed by atoms with E-state index in [1.165, 1.54) is 24.3 Å². The molecule has 0 radical (unpaired) electrons.